The molecule has 2 aromatic rings. The number of benzene rings is 2. The van der Waals surface area contributed by atoms with Crippen LogP contribution < -0.4 is 4.74 Å². The number of halogens is 2. The Morgan fingerprint density at radius 3 is 2.50 bits per heavy atom. The normalized spacial score (nSPS) is 10.6. The Hall–Kier alpha value is -1.03. The Kier molecular flexibility index (Phi) is 7.78. The molecule has 2 nitrogen and oxygen atoms in total. The maximum absolute atomic E-state index is 5.84. The van der Waals surface area contributed by atoms with Crippen LogP contribution >= 0.6 is 27.5 Å². The molecule has 0 saturated carbocycles. The third kappa shape index (κ3) is 5.99. The van der Waals surface area contributed by atoms with E-state index in [1.807, 2.05) is 24.3 Å². The Balaban J connectivity index is 1.81. The van der Waals surface area contributed by atoms with Crippen molar-refractivity contribution in [2.45, 2.75) is 19.4 Å². The lowest BCUT2D eigenvalue weighted by Gasteiger charge is -2.10. The maximum Gasteiger partial charge on any atom is 0.134 e. The van der Waals surface area contributed by atoms with Gasteiger partial charge < -0.3 is 9.47 Å². The predicted molar refractivity (Wildman–Crippen MR) is 94.8 cm³/mol. The molecule has 0 aromatic heterocycles. The Bertz CT molecular complexity index is 560. The van der Waals surface area contributed by atoms with Gasteiger partial charge in [0.2, 0.25) is 0 Å². The summed E-state index contributed by atoms with van der Waals surface area (Å²) in [7, 11) is 0. The fourth-order valence-corrected chi connectivity index (χ4v) is 2.65. The molecule has 0 aliphatic rings. The summed E-state index contributed by atoms with van der Waals surface area (Å²) < 4.78 is 12.3. The van der Waals surface area contributed by atoms with Crippen LogP contribution in [0.15, 0.2) is 53.0 Å². The van der Waals surface area contributed by atoms with Gasteiger partial charge in [0.1, 0.15) is 12.4 Å². The monoisotopic (exact) mass is 382 g/mol. The quantitative estimate of drug-likeness (QED) is 0.437. The van der Waals surface area contributed by atoms with Crippen molar-refractivity contribution in [3.05, 3.63) is 64.1 Å². The molecule has 0 saturated heterocycles. The van der Waals surface area contributed by atoms with Crippen LogP contribution in [-0.4, -0.2) is 19.1 Å². The molecule has 2 rings (SSSR count). The zero-order chi connectivity index (χ0) is 15.6. The molecule has 2 aromatic carbocycles. The van der Waals surface area contributed by atoms with Gasteiger partial charge in [-0.2, -0.15) is 0 Å². The van der Waals surface area contributed by atoms with Crippen LogP contribution in [-0.2, 0) is 17.8 Å². The lowest BCUT2D eigenvalue weighted by molar-refractivity contribution is 0.138. The largest absolute Gasteiger partial charge is 0.488 e. The minimum absolute atomic E-state index is 0.570. The second-order valence-corrected chi connectivity index (χ2v) is 6.18. The first kappa shape index (κ1) is 17.3. The summed E-state index contributed by atoms with van der Waals surface area (Å²) in [5, 5.41) is 0. The van der Waals surface area contributed by atoms with Crippen molar-refractivity contribution in [3.63, 3.8) is 0 Å². The van der Waals surface area contributed by atoms with E-state index in [0.29, 0.717) is 19.1 Å². The third-order valence-electron chi connectivity index (χ3n) is 3.19. The third-order valence-corrected chi connectivity index (χ3v) is 4.08. The number of rotatable bonds is 9. The summed E-state index contributed by atoms with van der Waals surface area (Å²) in [6.07, 6.45) is 1.79. The fourth-order valence-electron chi connectivity index (χ4n) is 2.00. The van der Waals surface area contributed by atoms with Gasteiger partial charge in [-0.25, -0.2) is 0 Å². The SMILES string of the molecule is ClCCCOCCc1ccc(OCc2ccccc2)c(Br)c1. The standard InChI is InChI=1S/C18H20BrClO2/c19-17-13-15(9-12-21-11-4-10-20)7-8-18(17)22-14-16-5-2-1-3-6-16/h1-3,5-8,13H,4,9-12,14H2. The lowest BCUT2D eigenvalue weighted by atomic mass is 10.1. The van der Waals surface area contributed by atoms with E-state index in [0.717, 1.165) is 35.2 Å². The van der Waals surface area contributed by atoms with E-state index in [-0.39, 0.29) is 0 Å². The van der Waals surface area contributed by atoms with Crippen molar-refractivity contribution in [2.75, 3.05) is 19.1 Å². The van der Waals surface area contributed by atoms with E-state index in [1.54, 1.807) is 0 Å². The van der Waals surface area contributed by atoms with Crippen molar-refractivity contribution in [1.82, 2.24) is 0 Å². The van der Waals surface area contributed by atoms with Crippen LogP contribution in [0.25, 0.3) is 0 Å². The Morgan fingerprint density at radius 1 is 0.955 bits per heavy atom. The minimum atomic E-state index is 0.570. The van der Waals surface area contributed by atoms with Gasteiger partial charge in [0.15, 0.2) is 0 Å². The highest BCUT2D eigenvalue weighted by atomic mass is 79.9. The Morgan fingerprint density at radius 2 is 1.77 bits per heavy atom. The molecule has 0 spiro atoms. The van der Waals surface area contributed by atoms with Crippen molar-refractivity contribution >= 4 is 27.5 Å². The molecular weight excluding hydrogens is 364 g/mol. The summed E-state index contributed by atoms with van der Waals surface area (Å²) in [4.78, 5) is 0. The van der Waals surface area contributed by atoms with Gasteiger partial charge in [0, 0.05) is 12.5 Å². The molecule has 0 bridgehead atoms. The maximum atomic E-state index is 5.84. The van der Waals surface area contributed by atoms with E-state index in [1.165, 1.54) is 5.56 Å². The van der Waals surface area contributed by atoms with E-state index >= 15 is 0 Å². The number of hydrogen-bond donors (Lipinski definition) is 0. The molecule has 0 amide bonds. The number of ether oxygens (including phenoxy) is 2. The molecular formula is C18H20BrClO2. The first-order valence-electron chi connectivity index (χ1n) is 7.38. The van der Waals surface area contributed by atoms with Gasteiger partial charge in [-0.3, -0.25) is 0 Å². The summed E-state index contributed by atoms with van der Waals surface area (Å²) >= 11 is 9.18. The zero-order valence-corrected chi connectivity index (χ0v) is 14.8. The molecule has 118 valence electrons. The van der Waals surface area contributed by atoms with Gasteiger partial charge in [-0.15, -0.1) is 11.6 Å². The van der Waals surface area contributed by atoms with Crippen molar-refractivity contribution in [3.8, 4) is 5.75 Å². The highest BCUT2D eigenvalue weighted by Crippen LogP contribution is 2.27. The highest BCUT2D eigenvalue weighted by Gasteiger charge is 2.03. The van der Waals surface area contributed by atoms with Gasteiger partial charge in [0.05, 0.1) is 11.1 Å². The number of alkyl halides is 1. The first-order valence-corrected chi connectivity index (χ1v) is 8.71. The van der Waals surface area contributed by atoms with Crippen LogP contribution in [0.1, 0.15) is 17.5 Å². The second kappa shape index (κ2) is 9.88. The van der Waals surface area contributed by atoms with E-state index in [4.69, 9.17) is 21.1 Å². The molecule has 0 radical (unpaired) electrons. The topological polar surface area (TPSA) is 18.5 Å². The average molecular weight is 384 g/mol. The molecule has 0 aliphatic carbocycles. The molecule has 22 heavy (non-hydrogen) atoms. The van der Waals surface area contributed by atoms with Gasteiger partial charge in [-0.05, 0) is 52.0 Å². The van der Waals surface area contributed by atoms with Crippen LogP contribution in [0.3, 0.4) is 0 Å². The van der Waals surface area contributed by atoms with E-state index in [9.17, 15) is 0 Å². The van der Waals surface area contributed by atoms with Crippen LogP contribution in [0.4, 0.5) is 0 Å². The molecule has 4 heteroatoms. The highest BCUT2D eigenvalue weighted by molar-refractivity contribution is 9.10. The van der Waals surface area contributed by atoms with Crippen LogP contribution in [0, 0.1) is 0 Å². The fraction of sp³-hybridized carbons (Fsp3) is 0.333. The lowest BCUT2D eigenvalue weighted by Crippen LogP contribution is -2.01. The van der Waals surface area contributed by atoms with Gasteiger partial charge in [-0.1, -0.05) is 36.4 Å². The molecule has 0 fully saturated rings. The molecule has 0 heterocycles. The summed E-state index contributed by atoms with van der Waals surface area (Å²) in [5.41, 5.74) is 2.39. The van der Waals surface area contributed by atoms with E-state index in [2.05, 4.69) is 40.2 Å². The smallest absolute Gasteiger partial charge is 0.134 e. The van der Waals surface area contributed by atoms with Crippen LogP contribution in [0.2, 0.25) is 0 Å². The first-order chi connectivity index (χ1) is 10.8. The molecule has 0 unspecified atom stereocenters. The summed E-state index contributed by atoms with van der Waals surface area (Å²) in [6.45, 7) is 2.01. The summed E-state index contributed by atoms with van der Waals surface area (Å²) in [6, 6.07) is 16.3. The molecule has 0 aliphatic heterocycles. The zero-order valence-electron chi connectivity index (χ0n) is 12.4. The van der Waals surface area contributed by atoms with Crippen molar-refractivity contribution < 1.29 is 9.47 Å². The van der Waals surface area contributed by atoms with Crippen molar-refractivity contribution in [1.29, 1.82) is 0 Å². The predicted octanol–water partition coefficient (Wildman–Crippen LogP) is 5.22. The molecule has 0 N–H and O–H groups in total. The molecule has 0 atom stereocenters. The van der Waals surface area contributed by atoms with Crippen LogP contribution in [0.5, 0.6) is 5.75 Å². The second-order valence-electron chi connectivity index (χ2n) is 4.94. The van der Waals surface area contributed by atoms with Gasteiger partial charge in [0.25, 0.3) is 0 Å². The minimum Gasteiger partial charge on any atom is -0.488 e. The van der Waals surface area contributed by atoms with E-state index < -0.39 is 0 Å². The van der Waals surface area contributed by atoms with Crippen molar-refractivity contribution in [2.24, 2.45) is 0 Å². The Labute approximate surface area is 145 Å². The summed E-state index contributed by atoms with van der Waals surface area (Å²) in [5.74, 6) is 1.51. The average Bonchev–Trinajstić information content (AvgIpc) is 2.55. The van der Waals surface area contributed by atoms with Gasteiger partial charge >= 0.3 is 0 Å². The number of hydrogen-bond acceptors (Lipinski definition) is 2.